The zero-order valence-electron chi connectivity index (χ0n) is 9.22. The lowest BCUT2D eigenvalue weighted by molar-refractivity contribution is 1.35. The molecule has 0 aliphatic rings. The Morgan fingerprint density at radius 2 is 1.56 bits per heavy atom. The van der Waals surface area contributed by atoms with Gasteiger partial charge < -0.3 is 0 Å². The minimum absolute atomic E-state index is 0.476. The van der Waals surface area contributed by atoms with Gasteiger partial charge in [0.2, 0.25) is 0 Å². The third-order valence-electron chi connectivity index (χ3n) is 2.23. The van der Waals surface area contributed by atoms with Gasteiger partial charge in [0.05, 0.1) is 28.3 Å². The molecule has 0 radical (unpaired) electrons. The van der Waals surface area contributed by atoms with Crippen LogP contribution in [0.4, 0.5) is 0 Å². The van der Waals surface area contributed by atoms with Crippen molar-refractivity contribution in [1.82, 2.24) is 0 Å². The largest absolute Gasteiger partial charge is 0.192 e. The first-order valence-corrected chi connectivity index (χ1v) is 6.30. The number of hydrogen-bond acceptors (Lipinski definition) is 3. The molecule has 0 amide bonds. The molecule has 0 aliphatic carbocycles. The van der Waals surface area contributed by atoms with Gasteiger partial charge in [-0.3, -0.25) is 0 Å². The lowest BCUT2D eigenvalue weighted by Crippen LogP contribution is -1.82. The normalized spacial score (nSPS) is 9.50. The predicted molar refractivity (Wildman–Crippen MR) is 71.4 cm³/mol. The highest BCUT2D eigenvalue weighted by Crippen LogP contribution is 2.33. The maximum Gasteiger partial charge on any atom is 0.0992 e. The van der Waals surface area contributed by atoms with Crippen LogP contribution < -0.4 is 0 Å². The lowest BCUT2D eigenvalue weighted by atomic mass is 10.1. The minimum atomic E-state index is 0.476. The first-order valence-electron chi connectivity index (χ1n) is 5.10. The molecule has 2 nitrogen and oxygen atoms in total. The summed E-state index contributed by atoms with van der Waals surface area (Å²) in [7, 11) is 0. The van der Waals surface area contributed by atoms with E-state index in [0.29, 0.717) is 16.1 Å². The number of nitriles is 2. The van der Waals surface area contributed by atoms with Gasteiger partial charge in [0, 0.05) is 9.79 Å². The summed E-state index contributed by atoms with van der Waals surface area (Å²) in [6, 6.07) is 16.6. The molecule has 2 aromatic rings. The van der Waals surface area contributed by atoms with Crippen LogP contribution in [0.5, 0.6) is 0 Å². The van der Waals surface area contributed by atoms with E-state index in [9.17, 15) is 0 Å². The maximum absolute atomic E-state index is 8.91. The molecule has 0 fully saturated rings. The number of benzene rings is 2. The number of rotatable bonds is 2. The van der Waals surface area contributed by atoms with Crippen LogP contribution in [0.25, 0.3) is 0 Å². The molecule has 2 rings (SSSR count). The summed E-state index contributed by atoms with van der Waals surface area (Å²) in [6.45, 7) is 0. The van der Waals surface area contributed by atoms with E-state index in [0.717, 1.165) is 9.79 Å². The zero-order chi connectivity index (χ0) is 13.0. The SMILES string of the molecule is N#Cc1cc(C#N)cc(Sc2ccccc2Cl)c1. The highest BCUT2D eigenvalue weighted by molar-refractivity contribution is 7.99. The number of nitrogens with zero attached hydrogens (tertiary/aromatic N) is 2. The summed E-state index contributed by atoms with van der Waals surface area (Å²) in [5.74, 6) is 0. The molecule has 0 unspecified atom stereocenters. The summed E-state index contributed by atoms with van der Waals surface area (Å²) < 4.78 is 0. The van der Waals surface area contributed by atoms with E-state index < -0.39 is 0 Å². The van der Waals surface area contributed by atoms with E-state index in [4.69, 9.17) is 22.1 Å². The van der Waals surface area contributed by atoms with Gasteiger partial charge in [-0.2, -0.15) is 10.5 Å². The second-order valence-corrected chi connectivity index (χ2v) is 5.02. The van der Waals surface area contributed by atoms with Crippen LogP contribution in [0.1, 0.15) is 11.1 Å². The van der Waals surface area contributed by atoms with Gasteiger partial charge in [-0.1, -0.05) is 35.5 Å². The number of halogens is 1. The summed E-state index contributed by atoms with van der Waals surface area (Å²) in [6.07, 6.45) is 0. The Morgan fingerprint density at radius 1 is 0.944 bits per heavy atom. The molecule has 0 heterocycles. The predicted octanol–water partition coefficient (Wildman–Crippen LogP) is 4.23. The first kappa shape index (κ1) is 12.5. The topological polar surface area (TPSA) is 47.6 Å². The van der Waals surface area contributed by atoms with Crippen molar-refractivity contribution in [2.24, 2.45) is 0 Å². The van der Waals surface area contributed by atoms with E-state index in [1.54, 1.807) is 18.2 Å². The zero-order valence-corrected chi connectivity index (χ0v) is 10.8. The molecule has 0 aliphatic heterocycles. The molecular weight excluding hydrogens is 264 g/mol. The Balaban J connectivity index is 2.39. The Labute approximate surface area is 114 Å². The van der Waals surface area contributed by atoms with Crippen LogP contribution in [0, 0.1) is 22.7 Å². The molecule has 2 aromatic carbocycles. The molecule has 0 bridgehead atoms. The van der Waals surface area contributed by atoms with E-state index in [1.165, 1.54) is 11.8 Å². The average molecular weight is 271 g/mol. The fourth-order valence-corrected chi connectivity index (χ4v) is 2.63. The highest BCUT2D eigenvalue weighted by Gasteiger charge is 2.05. The van der Waals surface area contributed by atoms with Crippen molar-refractivity contribution >= 4 is 23.4 Å². The van der Waals surface area contributed by atoms with Crippen molar-refractivity contribution in [1.29, 1.82) is 10.5 Å². The molecule has 4 heteroatoms. The van der Waals surface area contributed by atoms with E-state index >= 15 is 0 Å². The molecule has 0 N–H and O–H groups in total. The molecule has 0 atom stereocenters. The second-order valence-electron chi connectivity index (χ2n) is 3.50. The highest BCUT2D eigenvalue weighted by atomic mass is 35.5. The maximum atomic E-state index is 8.91. The first-order chi connectivity index (χ1) is 8.72. The fourth-order valence-electron chi connectivity index (χ4n) is 1.44. The lowest BCUT2D eigenvalue weighted by Gasteiger charge is -2.04. The van der Waals surface area contributed by atoms with Gasteiger partial charge in [-0.15, -0.1) is 0 Å². The van der Waals surface area contributed by atoms with Crippen LogP contribution in [0.2, 0.25) is 5.02 Å². The van der Waals surface area contributed by atoms with E-state index in [-0.39, 0.29) is 0 Å². The van der Waals surface area contributed by atoms with Gasteiger partial charge >= 0.3 is 0 Å². The summed E-state index contributed by atoms with van der Waals surface area (Å²) >= 11 is 7.51. The van der Waals surface area contributed by atoms with Crippen molar-refractivity contribution in [2.45, 2.75) is 9.79 Å². The van der Waals surface area contributed by atoms with Gasteiger partial charge in [0.25, 0.3) is 0 Å². The van der Waals surface area contributed by atoms with Crippen LogP contribution in [-0.4, -0.2) is 0 Å². The van der Waals surface area contributed by atoms with Crippen LogP contribution in [-0.2, 0) is 0 Å². The Bertz CT molecular complexity index is 636. The van der Waals surface area contributed by atoms with Gasteiger partial charge in [-0.25, -0.2) is 0 Å². The van der Waals surface area contributed by atoms with Gasteiger partial charge in [0.15, 0.2) is 0 Å². The summed E-state index contributed by atoms with van der Waals surface area (Å²) in [4.78, 5) is 1.73. The van der Waals surface area contributed by atoms with Gasteiger partial charge in [0.1, 0.15) is 0 Å². The van der Waals surface area contributed by atoms with Crippen LogP contribution in [0.15, 0.2) is 52.3 Å². The Morgan fingerprint density at radius 3 is 2.11 bits per heavy atom. The smallest absolute Gasteiger partial charge is 0.0992 e. The Kier molecular flexibility index (Phi) is 3.89. The minimum Gasteiger partial charge on any atom is -0.192 e. The fraction of sp³-hybridized carbons (Fsp3) is 0. The van der Waals surface area contributed by atoms with Crippen molar-refractivity contribution in [3.63, 3.8) is 0 Å². The quantitative estimate of drug-likeness (QED) is 0.820. The van der Waals surface area contributed by atoms with Crippen LogP contribution >= 0.6 is 23.4 Å². The Hall–Kier alpha value is -1.94. The number of hydrogen-bond donors (Lipinski definition) is 0. The molecule has 0 saturated heterocycles. The summed E-state index contributed by atoms with van der Waals surface area (Å²) in [5, 5.41) is 18.5. The molecular formula is C14H7ClN2S. The molecule has 0 saturated carbocycles. The van der Waals surface area contributed by atoms with Crippen molar-refractivity contribution < 1.29 is 0 Å². The molecule has 0 aromatic heterocycles. The van der Waals surface area contributed by atoms with Crippen LogP contribution in [0.3, 0.4) is 0 Å². The van der Waals surface area contributed by atoms with Crippen molar-refractivity contribution in [3.05, 3.63) is 58.6 Å². The van der Waals surface area contributed by atoms with Crippen molar-refractivity contribution in [3.8, 4) is 12.1 Å². The molecule has 0 spiro atoms. The van der Waals surface area contributed by atoms with Crippen molar-refractivity contribution in [2.75, 3.05) is 0 Å². The van der Waals surface area contributed by atoms with E-state index in [1.807, 2.05) is 36.4 Å². The third-order valence-corrected chi connectivity index (χ3v) is 3.72. The third kappa shape index (κ3) is 2.84. The second kappa shape index (κ2) is 5.60. The van der Waals surface area contributed by atoms with E-state index in [2.05, 4.69) is 0 Å². The monoisotopic (exact) mass is 270 g/mol. The standard InChI is InChI=1S/C14H7ClN2S/c15-13-3-1-2-4-14(13)18-12-6-10(8-16)5-11(7-12)9-17/h1-7H. The average Bonchev–Trinajstić information content (AvgIpc) is 2.41. The molecule has 86 valence electrons. The van der Waals surface area contributed by atoms with Gasteiger partial charge in [-0.05, 0) is 30.3 Å². The summed E-state index contributed by atoms with van der Waals surface area (Å²) in [5.41, 5.74) is 0.951. The molecule has 18 heavy (non-hydrogen) atoms.